The Bertz CT molecular complexity index is 1580. The molecule has 1 aliphatic heterocycles. The minimum Gasteiger partial charge on any atom is -0.438 e. The van der Waals surface area contributed by atoms with Crippen LogP contribution in [0.4, 0.5) is 27.7 Å². The van der Waals surface area contributed by atoms with Gasteiger partial charge in [0.15, 0.2) is 11.6 Å². The summed E-state index contributed by atoms with van der Waals surface area (Å²) < 4.78 is 20.1. The molecule has 1 atom stereocenters. The van der Waals surface area contributed by atoms with Crippen molar-refractivity contribution < 1.29 is 9.13 Å². The number of nitrogen functional groups attached to an aromatic ring is 1. The van der Waals surface area contributed by atoms with Crippen molar-refractivity contribution in [3.8, 4) is 22.9 Å². The summed E-state index contributed by atoms with van der Waals surface area (Å²) in [5, 5.41) is 14.1. The summed E-state index contributed by atoms with van der Waals surface area (Å²) in [5.74, 6) is 2.54. The Balaban J connectivity index is 1.23. The first kappa shape index (κ1) is 23.5. The van der Waals surface area contributed by atoms with Gasteiger partial charge in [-0.2, -0.15) is 0 Å². The van der Waals surface area contributed by atoms with E-state index in [1.807, 2.05) is 65.6 Å². The minimum atomic E-state index is -0.843. The first-order chi connectivity index (χ1) is 18.6. The van der Waals surface area contributed by atoms with Crippen LogP contribution in [0.1, 0.15) is 12.8 Å². The lowest BCUT2D eigenvalue weighted by Crippen LogP contribution is -2.37. The van der Waals surface area contributed by atoms with E-state index in [1.165, 1.54) is 0 Å². The Labute approximate surface area is 218 Å². The Morgan fingerprint density at radius 2 is 1.76 bits per heavy atom. The minimum absolute atomic E-state index is 0.180. The van der Waals surface area contributed by atoms with E-state index < -0.39 is 6.17 Å². The average molecular weight is 509 g/mol. The quantitative estimate of drug-likeness (QED) is 0.305. The van der Waals surface area contributed by atoms with Crippen LogP contribution in [0, 0.1) is 0 Å². The van der Waals surface area contributed by atoms with Crippen molar-refractivity contribution in [1.29, 1.82) is 0 Å². The van der Waals surface area contributed by atoms with Crippen LogP contribution in [0.15, 0.2) is 79.1 Å². The molecule has 0 spiro atoms. The van der Waals surface area contributed by atoms with Crippen LogP contribution >= 0.6 is 0 Å². The van der Waals surface area contributed by atoms with E-state index >= 15 is 0 Å². The number of fused-ring (bicyclic) bond motifs is 1. The van der Waals surface area contributed by atoms with Crippen LogP contribution in [0.2, 0.25) is 0 Å². The molecule has 0 saturated carbocycles. The van der Waals surface area contributed by atoms with Gasteiger partial charge >= 0.3 is 0 Å². The molecule has 3 N–H and O–H groups in total. The predicted molar refractivity (Wildman–Crippen MR) is 145 cm³/mol. The molecule has 38 heavy (non-hydrogen) atoms. The number of nitrogens with two attached hydrogens (primary N) is 1. The molecule has 190 valence electrons. The number of nitrogens with zero attached hydrogens (tertiary/aromatic N) is 6. The molecule has 1 unspecified atom stereocenters. The van der Waals surface area contributed by atoms with Crippen LogP contribution in [0.5, 0.6) is 11.6 Å². The highest BCUT2D eigenvalue weighted by Gasteiger charge is 2.23. The maximum Gasteiger partial charge on any atom is 0.228 e. The predicted octanol–water partition coefficient (Wildman–Crippen LogP) is 5.54. The maximum atomic E-state index is 14.1. The van der Waals surface area contributed by atoms with Crippen LogP contribution in [0.3, 0.4) is 0 Å². The molecular weight excluding hydrogens is 483 g/mol. The van der Waals surface area contributed by atoms with Crippen molar-refractivity contribution in [2.24, 2.45) is 0 Å². The van der Waals surface area contributed by atoms with E-state index in [4.69, 9.17) is 10.5 Å². The lowest BCUT2D eigenvalue weighted by molar-refractivity contribution is 0.286. The van der Waals surface area contributed by atoms with E-state index in [-0.39, 0.29) is 5.95 Å². The van der Waals surface area contributed by atoms with Gasteiger partial charge in [0.05, 0.1) is 17.8 Å². The Hall–Kier alpha value is -4.86. The number of ether oxygens (including phenoxy) is 1. The molecule has 1 fully saturated rings. The third kappa shape index (κ3) is 4.88. The second-order valence-electron chi connectivity index (χ2n) is 9.01. The number of aromatic nitrogens is 5. The van der Waals surface area contributed by atoms with Crippen molar-refractivity contribution in [3.05, 3.63) is 79.1 Å². The van der Waals surface area contributed by atoms with E-state index in [0.717, 1.165) is 29.4 Å². The maximum absolute atomic E-state index is 14.1. The SMILES string of the molecule is Nc1nccc(-c2cccnc2Oc2ccc(Nc3nnc(N4CCCC(F)C4)c4ccccc34)cc2)n1. The van der Waals surface area contributed by atoms with E-state index in [1.54, 1.807) is 18.5 Å². The molecule has 3 aromatic heterocycles. The summed E-state index contributed by atoms with van der Waals surface area (Å²) in [6.07, 6.45) is 3.81. The molecule has 1 saturated heterocycles. The molecule has 4 heterocycles. The van der Waals surface area contributed by atoms with Crippen LogP contribution < -0.4 is 20.7 Å². The number of hydrogen-bond donors (Lipinski definition) is 2. The number of alkyl halides is 1. The molecule has 0 aliphatic carbocycles. The largest absolute Gasteiger partial charge is 0.438 e. The zero-order chi connectivity index (χ0) is 25.9. The summed E-state index contributed by atoms with van der Waals surface area (Å²) in [7, 11) is 0. The van der Waals surface area contributed by atoms with Crippen molar-refractivity contribution in [1.82, 2.24) is 25.1 Å². The molecule has 0 radical (unpaired) electrons. The fourth-order valence-electron chi connectivity index (χ4n) is 4.58. The smallest absolute Gasteiger partial charge is 0.228 e. The first-order valence-electron chi connectivity index (χ1n) is 12.4. The van der Waals surface area contributed by atoms with E-state index in [0.29, 0.717) is 47.5 Å². The molecule has 1 aliphatic rings. The monoisotopic (exact) mass is 508 g/mol. The van der Waals surface area contributed by atoms with Gasteiger partial charge in [-0.05, 0) is 55.3 Å². The number of nitrogens with one attached hydrogen (secondary N) is 1. The summed E-state index contributed by atoms with van der Waals surface area (Å²) in [6.45, 7) is 1.12. The average Bonchev–Trinajstić information content (AvgIpc) is 2.94. The van der Waals surface area contributed by atoms with Crippen molar-refractivity contribution in [3.63, 3.8) is 0 Å². The second kappa shape index (κ2) is 10.3. The third-order valence-corrected chi connectivity index (χ3v) is 6.38. The molecule has 10 heteroatoms. The van der Waals surface area contributed by atoms with Gasteiger partial charge in [0, 0.05) is 35.4 Å². The standard InChI is InChI=1S/C28H25FN8O/c29-18-5-4-16-37(17-18)26-22-7-2-1-6-21(22)25(35-36-26)33-19-9-11-20(12-10-19)38-27-23(8-3-14-31-27)24-13-15-32-28(30)34-24/h1-3,6-15,18H,4-5,16-17H2,(H,33,35)(H2,30,32,34). The zero-order valence-electron chi connectivity index (χ0n) is 20.5. The zero-order valence-corrected chi connectivity index (χ0v) is 20.5. The van der Waals surface area contributed by atoms with Gasteiger partial charge < -0.3 is 20.7 Å². The van der Waals surface area contributed by atoms with Gasteiger partial charge in [-0.1, -0.05) is 24.3 Å². The highest BCUT2D eigenvalue weighted by atomic mass is 19.1. The lowest BCUT2D eigenvalue weighted by Gasteiger charge is -2.30. The van der Waals surface area contributed by atoms with Crippen LogP contribution in [-0.4, -0.2) is 44.4 Å². The summed E-state index contributed by atoms with van der Waals surface area (Å²) in [5.41, 5.74) is 7.89. The van der Waals surface area contributed by atoms with Gasteiger partial charge in [-0.15, -0.1) is 10.2 Å². The van der Waals surface area contributed by atoms with Crippen molar-refractivity contribution in [2.45, 2.75) is 19.0 Å². The Morgan fingerprint density at radius 3 is 2.58 bits per heavy atom. The number of hydrogen-bond acceptors (Lipinski definition) is 9. The highest BCUT2D eigenvalue weighted by Crippen LogP contribution is 2.33. The fraction of sp³-hybridized carbons (Fsp3) is 0.179. The number of piperidine rings is 1. The molecule has 0 amide bonds. The molecule has 2 aromatic carbocycles. The van der Waals surface area contributed by atoms with Crippen LogP contribution in [0.25, 0.3) is 22.0 Å². The Kier molecular flexibility index (Phi) is 6.35. The number of benzene rings is 2. The lowest BCUT2D eigenvalue weighted by atomic mass is 10.1. The molecule has 9 nitrogen and oxygen atoms in total. The molecule has 0 bridgehead atoms. The molecule has 5 aromatic rings. The van der Waals surface area contributed by atoms with E-state index in [2.05, 4.69) is 30.5 Å². The molecule has 6 rings (SSSR count). The summed E-state index contributed by atoms with van der Waals surface area (Å²) in [4.78, 5) is 14.6. The number of anilines is 4. The third-order valence-electron chi connectivity index (χ3n) is 6.38. The first-order valence-corrected chi connectivity index (χ1v) is 12.4. The van der Waals surface area contributed by atoms with E-state index in [9.17, 15) is 4.39 Å². The highest BCUT2D eigenvalue weighted by molar-refractivity contribution is 5.99. The second-order valence-corrected chi connectivity index (χ2v) is 9.01. The summed E-state index contributed by atoms with van der Waals surface area (Å²) >= 11 is 0. The molecular formula is C28H25FN8O. The summed E-state index contributed by atoms with van der Waals surface area (Å²) in [6, 6.07) is 20.8. The number of halogens is 1. The van der Waals surface area contributed by atoms with Gasteiger partial charge in [0.2, 0.25) is 11.8 Å². The van der Waals surface area contributed by atoms with Crippen molar-refractivity contribution in [2.75, 3.05) is 29.0 Å². The van der Waals surface area contributed by atoms with Gasteiger partial charge in [-0.3, -0.25) is 0 Å². The van der Waals surface area contributed by atoms with Crippen molar-refractivity contribution >= 4 is 34.0 Å². The Morgan fingerprint density at radius 1 is 0.921 bits per heavy atom. The topological polar surface area (TPSA) is 115 Å². The fourth-order valence-corrected chi connectivity index (χ4v) is 4.58. The normalized spacial score (nSPS) is 15.4. The van der Waals surface area contributed by atoms with Gasteiger partial charge in [0.25, 0.3) is 0 Å². The van der Waals surface area contributed by atoms with Crippen LogP contribution in [-0.2, 0) is 0 Å². The number of rotatable bonds is 6. The number of pyridine rings is 1. The van der Waals surface area contributed by atoms with Gasteiger partial charge in [-0.25, -0.2) is 19.3 Å². The van der Waals surface area contributed by atoms with Gasteiger partial charge in [0.1, 0.15) is 11.9 Å².